The van der Waals surface area contributed by atoms with E-state index >= 15 is 0 Å². The summed E-state index contributed by atoms with van der Waals surface area (Å²) in [5.41, 5.74) is 6.04. The van der Waals surface area contributed by atoms with Crippen LogP contribution in [0.1, 0.15) is 25.7 Å². The van der Waals surface area contributed by atoms with E-state index in [1.54, 1.807) is 6.20 Å². The Morgan fingerprint density at radius 3 is 3.00 bits per heavy atom. The van der Waals surface area contributed by atoms with Crippen LogP contribution in [-0.2, 0) is 11.3 Å². The second-order valence-corrected chi connectivity index (χ2v) is 4.50. The second-order valence-electron chi connectivity index (χ2n) is 4.50. The number of carbonyl (C=O) groups is 1. The van der Waals surface area contributed by atoms with Crippen molar-refractivity contribution in [2.24, 2.45) is 0 Å². The van der Waals surface area contributed by atoms with Crippen LogP contribution < -0.4 is 11.1 Å². The van der Waals surface area contributed by atoms with Gasteiger partial charge in [0.15, 0.2) is 0 Å². The first-order valence-electron chi connectivity index (χ1n) is 5.90. The molecule has 0 saturated heterocycles. The smallest absolute Gasteiger partial charge is 0.242 e. The highest BCUT2D eigenvalue weighted by Gasteiger charge is 2.24. The minimum atomic E-state index is -0.421. The van der Waals surface area contributed by atoms with Gasteiger partial charge in [0.1, 0.15) is 6.54 Å². The van der Waals surface area contributed by atoms with Crippen LogP contribution in [0.2, 0.25) is 0 Å². The number of nitrogens with two attached hydrogens (primary N) is 1. The number of aliphatic hydroxyl groups excluding tert-OH is 1. The molecule has 6 heteroatoms. The molecule has 1 amide bonds. The summed E-state index contributed by atoms with van der Waals surface area (Å²) in [4.78, 5) is 11.7. The maximum absolute atomic E-state index is 11.7. The third kappa shape index (κ3) is 3.20. The van der Waals surface area contributed by atoms with Gasteiger partial charge in [-0.25, -0.2) is 0 Å². The fourth-order valence-electron chi connectivity index (χ4n) is 2.15. The number of hydrogen-bond acceptors (Lipinski definition) is 4. The van der Waals surface area contributed by atoms with E-state index < -0.39 is 6.10 Å². The van der Waals surface area contributed by atoms with Gasteiger partial charge in [-0.15, -0.1) is 0 Å². The molecule has 1 aromatic heterocycles. The van der Waals surface area contributed by atoms with E-state index in [-0.39, 0.29) is 18.5 Å². The molecular weight excluding hydrogens is 220 g/mol. The number of rotatable bonds is 3. The first kappa shape index (κ1) is 11.9. The number of hydrogen-bond donors (Lipinski definition) is 3. The summed E-state index contributed by atoms with van der Waals surface area (Å²) in [5.74, 6) is -0.140. The van der Waals surface area contributed by atoms with Crippen LogP contribution in [0.25, 0.3) is 0 Å². The predicted molar refractivity (Wildman–Crippen MR) is 63.0 cm³/mol. The third-order valence-electron chi connectivity index (χ3n) is 3.03. The van der Waals surface area contributed by atoms with Crippen LogP contribution in [0.3, 0.4) is 0 Å². The van der Waals surface area contributed by atoms with Crippen LogP contribution in [0.4, 0.5) is 5.69 Å². The van der Waals surface area contributed by atoms with Crippen LogP contribution >= 0.6 is 0 Å². The number of nitrogens with one attached hydrogen (secondary N) is 1. The summed E-state index contributed by atoms with van der Waals surface area (Å²) in [5, 5.41) is 16.5. The Morgan fingerprint density at radius 2 is 2.35 bits per heavy atom. The summed E-state index contributed by atoms with van der Waals surface area (Å²) in [6.07, 6.45) is 6.38. The maximum Gasteiger partial charge on any atom is 0.242 e. The average molecular weight is 238 g/mol. The quantitative estimate of drug-likeness (QED) is 0.684. The average Bonchev–Trinajstić information content (AvgIpc) is 2.67. The molecule has 2 unspecified atom stereocenters. The van der Waals surface area contributed by atoms with Gasteiger partial charge in [0, 0.05) is 6.20 Å². The Hall–Kier alpha value is -1.56. The fraction of sp³-hybridized carbons (Fsp3) is 0.636. The highest BCUT2D eigenvalue weighted by Crippen LogP contribution is 2.18. The first-order chi connectivity index (χ1) is 8.15. The zero-order valence-corrected chi connectivity index (χ0v) is 9.67. The summed E-state index contributed by atoms with van der Waals surface area (Å²) in [6, 6.07) is -0.121. The lowest BCUT2D eigenvalue weighted by Crippen LogP contribution is -2.46. The van der Waals surface area contributed by atoms with E-state index in [9.17, 15) is 9.90 Å². The molecular formula is C11H18N4O2. The highest BCUT2D eigenvalue weighted by atomic mass is 16.3. The molecule has 0 radical (unpaired) electrons. The zero-order valence-electron chi connectivity index (χ0n) is 9.67. The molecule has 1 aliphatic rings. The van der Waals surface area contributed by atoms with Gasteiger partial charge in [0.05, 0.1) is 24.0 Å². The summed E-state index contributed by atoms with van der Waals surface area (Å²) >= 11 is 0. The van der Waals surface area contributed by atoms with Crippen molar-refractivity contribution in [1.29, 1.82) is 0 Å². The van der Waals surface area contributed by atoms with Crippen molar-refractivity contribution in [2.75, 3.05) is 5.73 Å². The standard InChI is InChI=1S/C11H18N4O2/c12-8-5-13-15(6-8)7-11(17)14-9-3-1-2-4-10(9)16/h5-6,9-10,16H,1-4,7,12H2,(H,14,17). The van der Waals surface area contributed by atoms with Crippen molar-refractivity contribution in [3.05, 3.63) is 12.4 Å². The van der Waals surface area contributed by atoms with Crippen molar-refractivity contribution in [3.63, 3.8) is 0 Å². The van der Waals surface area contributed by atoms with E-state index in [1.165, 1.54) is 10.9 Å². The lowest BCUT2D eigenvalue weighted by atomic mass is 9.92. The van der Waals surface area contributed by atoms with Gasteiger partial charge in [0.25, 0.3) is 0 Å². The largest absolute Gasteiger partial charge is 0.396 e. The fourth-order valence-corrected chi connectivity index (χ4v) is 2.15. The van der Waals surface area contributed by atoms with Gasteiger partial charge in [-0.2, -0.15) is 5.10 Å². The Morgan fingerprint density at radius 1 is 1.59 bits per heavy atom. The lowest BCUT2D eigenvalue weighted by molar-refractivity contribution is -0.123. The molecule has 2 atom stereocenters. The van der Waals surface area contributed by atoms with E-state index in [1.807, 2.05) is 0 Å². The molecule has 6 nitrogen and oxygen atoms in total. The topological polar surface area (TPSA) is 93.2 Å². The van der Waals surface area contributed by atoms with Gasteiger partial charge in [-0.3, -0.25) is 9.48 Å². The van der Waals surface area contributed by atoms with Crippen molar-refractivity contribution >= 4 is 11.6 Å². The molecule has 1 fully saturated rings. The molecule has 0 bridgehead atoms. The number of carbonyl (C=O) groups excluding carboxylic acids is 1. The van der Waals surface area contributed by atoms with Crippen LogP contribution in [0, 0.1) is 0 Å². The third-order valence-corrected chi connectivity index (χ3v) is 3.03. The van der Waals surface area contributed by atoms with Gasteiger partial charge in [0.2, 0.25) is 5.91 Å². The molecule has 0 aliphatic heterocycles. The van der Waals surface area contributed by atoms with Crippen molar-refractivity contribution < 1.29 is 9.90 Å². The van der Waals surface area contributed by atoms with Gasteiger partial charge in [-0.05, 0) is 12.8 Å². The zero-order chi connectivity index (χ0) is 12.3. The number of amides is 1. The number of nitrogen functional groups attached to an aromatic ring is 1. The van der Waals surface area contributed by atoms with Crippen molar-refractivity contribution in [3.8, 4) is 0 Å². The lowest BCUT2D eigenvalue weighted by Gasteiger charge is -2.28. The summed E-state index contributed by atoms with van der Waals surface area (Å²) in [7, 11) is 0. The van der Waals surface area contributed by atoms with Gasteiger partial charge in [-0.1, -0.05) is 12.8 Å². The maximum atomic E-state index is 11.7. The van der Waals surface area contributed by atoms with E-state index in [4.69, 9.17) is 5.73 Å². The second kappa shape index (κ2) is 5.18. The Balaban J connectivity index is 1.84. The van der Waals surface area contributed by atoms with Crippen molar-refractivity contribution in [1.82, 2.24) is 15.1 Å². The molecule has 4 N–H and O–H groups in total. The Kier molecular flexibility index (Phi) is 3.63. The number of anilines is 1. The monoisotopic (exact) mass is 238 g/mol. The Labute approximate surface area is 99.8 Å². The van der Waals surface area contributed by atoms with Crippen LogP contribution in [0.15, 0.2) is 12.4 Å². The van der Waals surface area contributed by atoms with Crippen molar-refractivity contribution in [2.45, 2.75) is 44.4 Å². The molecule has 1 heterocycles. The van der Waals surface area contributed by atoms with E-state index in [2.05, 4.69) is 10.4 Å². The van der Waals surface area contributed by atoms with Gasteiger partial charge < -0.3 is 16.2 Å². The minimum absolute atomic E-state index is 0.121. The SMILES string of the molecule is Nc1cnn(CC(=O)NC2CCCCC2O)c1. The molecule has 17 heavy (non-hydrogen) atoms. The molecule has 1 aromatic rings. The van der Waals surface area contributed by atoms with E-state index in [0.717, 1.165) is 25.7 Å². The normalized spacial score (nSPS) is 24.5. The van der Waals surface area contributed by atoms with E-state index in [0.29, 0.717) is 5.69 Å². The number of nitrogens with zero attached hydrogens (tertiary/aromatic N) is 2. The molecule has 1 saturated carbocycles. The highest BCUT2D eigenvalue weighted by molar-refractivity contribution is 5.76. The summed E-state index contributed by atoms with van der Waals surface area (Å²) in [6.45, 7) is 0.139. The predicted octanol–water partition coefficient (Wildman–Crippen LogP) is -0.115. The molecule has 0 aromatic carbocycles. The molecule has 94 valence electrons. The first-order valence-corrected chi connectivity index (χ1v) is 5.90. The van der Waals surface area contributed by atoms with Crippen LogP contribution in [-0.4, -0.2) is 32.9 Å². The molecule has 1 aliphatic carbocycles. The van der Waals surface area contributed by atoms with Gasteiger partial charge >= 0.3 is 0 Å². The minimum Gasteiger partial charge on any atom is -0.396 e. The number of aromatic nitrogens is 2. The Bertz CT molecular complexity index is 391. The number of aliphatic hydroxyl groups is 1. The summed E-state index contributed by atoms with van der Waals surface area (Å²) < 4.78 is 1.49. The molecule has 0 spiro atoms. The van der Waals surface area contributed by atoms with Crippen LogP contribution in [0.5, 0.6) is 0 Å². The molecule has 2 rings (SSSR count).